The van der Waals surface area contributed by atoms with Gasteiger partial charge in [0.15, 0.2) is 0 Å². The molecule has 7 heteroatoms. The zero-order valence-corrected chi connectivity index (χ0v) is 15.5. The molecule has 3 rings (SSSR count). The van der Waals surface area contributed by atoms with Gasteiger partial charge in [0.1, 0.15) is 11.2 Å². The number of nitrogens with one attached hydrogen (secondary N) is 1. The average Bonchev–Trinajstić information content (AvgIpc) is 2.64. The average molecular weight is 371 g/mol. The summed E-state index contributed by atoms with van der Waals surface area (Å²) in [4.78, 5) is 14.4. The van der Waals surface area contributed by atoms with Crippen molar-refractivity contribution in [2.45, 2.75) is 31.2 Å². The quantitative estimate of drug-likeness (QED) is 0.876. The molecule has 26 heavy (non-hydrogen) atoms. The minimum atomic E-state index is -3.78. The van der Waals surface area contributed by atoms with Crippen LogP contribution in [-0.2, 0) is 10.0 Å². The summed E-state index contributed by atoms with van der Waals surface area (Å²) >= 11 is 0. The Morgan fingerprint density at radius 3 is 2.62 bits per heavy atom. The number of carbonyl (C=O) groups excluding carboxylic acids is 1. The molecular formula is C19H21N3O3S. The van der Waals surface area contributed by atoms with Crippen molar-refractivity contribution in [1.29, 1.82) is 0 Å². The molecule has 2 aromatic rings. The van der Waals surface area contributed by atoms with Crippen molar-refractivity contribution in [1.82, 2.24) is 5.32 Å². The highest BCUT2D eigenvalue weighted by Crippen LogP contribution is 2.30. The van der Waals surface area contributed by atoms with Crippen LogP contribution in [-0.4, -0.2) is 27.2 Å². The van der Waals surface area contributed by atoms with Crippen LogP contribution in [0, 0.1) is 0 Å². The van der Waals surface area contributed by atoms with E-state index in [1.807, 2.05) is 44.2 Å². The Hall–Kier alpha value is -2.67. The molecule has 136 valence electrons. The fourth-order valence-corrected chi connectivity index (χ4v) is 3.94. The van der Waals surface area contributed by atoms with Crippen LogP contribution in [0.4, 0.5) is 5.69 Å². The maximum atomic E-state index is 12.6. The van der Waals surface area contributed by atoms with E-state index in [1.54, 1.807) is 17.0 Å². The third-order valence-electron chi connectivity index (χ3n) is 4.25. The molecule has 1 heterocycles. The first kappa shape index (κ1) is 18.1. The number of amides is 1. The first-order valence-electron chi connectivity index (χ1n) is 8.49. The van der Waals surface area contributed by atoms with Gasteiger partial charge in [-0.25, -0.2) is 0 Å². The molecule has 0 spiro atoms. The second kappa shape index (κ2) is 7.29. The lowest BCUT2D eigenvalue weighted by molar-refractivity contribution is 0.0939. The summed E-state index contributed by atoms with van der Waals surface area (Å²) in [6.07, 6.45) is 2.18. The van der Waals surface area contributed by atoms with Gasteiger partial charge in [-0.05, 0) is 37.1 Å². The van der Waals surface area contributed by atoms with Crippen LogP contribution < -0.4 is 10.2 Å². The molecule has 1 amide bonds. The number of benzene rings is 2. The molecular weight excluding hydrogens is 350 g/mol. The molecule has 0 radical (unpaired) electrons. The van der Waals surface area contributed by atoms with Crippen LogP contribution in [0.1, 0.15) is 42.2 Å². The van der Waals surface area contributed by atoms with Crippen LogP contribution in [0.15, 0.2) is 57.8 Å². The molecule has 1 aliphatic heterocycles. The van der Waals surface area contributed by atoms with E-state index >= 15 is 0 Å². The molecule has 0 saturated heterocycles. The van der Waals surface area contributed by atoms with Crippen molar-refractivity contribution in [2.75, 3.05) is 11.4 Å². The predicted molar refractivity (Wildman–Crippen MR) is 102 cm³/mol. The number of hydrogen-bond acceptors (Lipinski definition) is 4. The van der Waals surface area contributed by atoms with E-state index < -0.39 is 10.0 Å². The normalized spacial score (nSPS) is 16.0. The molecule has 0 saturated carbocycles. The second-order valence-electron chi connectivity index (χ2n) is 6.18. The highest BCUT2D eigenvalue weighted by molar-refractivity contribution is 7.90. The first-order chi connectivity index (χ1) is 12.4. The molecule has 0 aromatic heterocycles. The highest BCUT2D eigenvalue weighted by Gasteiger charge is 2.26. The number of sulfonamides is 1. The highest BCUT2D eigenvalue weighted by atomic mass is 32.2. The summed E-state index contributed by atoms with van der Waals surface area (Å²) in [5.41, 5.74) is 1.82. The summed E-state index contributed by atoms with van der Waals surface area (Å²) < 4.78 is 28.2. The fraction of sp³-hybridized carbons (Fsp3) is 0.263. The van der Waals surface area contributed by atoms with Crippen LogP contribution in [0.2, 0.25) is 0 Å². The Bertz CT molecular complexity index is 940. The minimum Gasteiger partial charge on any atom is -0.346 e. The number of anilines is 1. The minimum absolute atomic E-state index is 0.0634. The standard InChI is InChI=1S/C19H21N3O3S/c1-3-11-22-13-20-26(24,25)18-12-16(9-10-17(18)22)19(23)21-14(2)15-7-5-4-6-8-15/h4-10,12-14H,3,11H2,1-2H3,(H,21,23)/t14-/m1/s1. The van der Waals surface area contributed by atoms with Crippen LogP contribution in [0.5, 0.6) is 0 Å². The van der Waals surface area contributed by atoms with Gasteiger partial charge in [0.2, 0.25) is 0 Å². The van der Waals surface area contributed by atoms with Gasteiger partial charge in [-0.2, -0.15) is 8.42 Å². The lowest BCUT2D eigenvalue weighted by Crippen LogP contribution is -2.29. The molecule has 1 atom stereocenters. The van der Waals surface area contributed by atoms with Gasteiger partial charge in [-0.1, -0.05) is 37.3 Å². The summed E-state index contributed by atoms with van der Waals surface area (Å²) in [6.45, 7) is 4.54. The Morgan fingerprint density at radius 1 is 1.19 bits per heavy atom. The summed E-state index contributed by atoms with van der Waals surface area (Å²) in [5.74, 6) is -0.323. The van der Waals surface area contributed by atoms with Gasteiger partial charge < -0.3 is 10.2 Å². The van der Waals surface area contributed by atoms with E-state index in [-0.39, 0.29) is 16.8 Å². The van der Waals surface area contributed by atoms with Gasteiger partial charge in [-0.3, -0.25) is 4.79 Å². The number of carbonyl (C=O) groups is 1. The van der Waals surface area contributed by atoms with Crippen molar-refractivity contribution in [3.8, 4) is 0 Å². The first-order valence-corrected chi connectivity index (χ1v) is 9.93. The molecule has 2 aromatic carbocycles. The third-order valence-corrected chi connectivity index (χ3v) is 5.50. The molecule has 6 nitrogen and oxygen atoms in total. The van der Waals surface area contributed by atoms with Crippen molar-refractivity contribution in [3.63, 3.8) is 0 Å². The molecule has 0 bridgehead atoms. The molecule has 1 N–H and O–H groups in total. The van der Waals surface area contributed by atoms with Gasteiger partial charge >= 0.3 is 0 Å². The zero-order chi connectivity index (χ0) is 18.7. The Morgan fingerprint density at radius 2 is 1.92 bits per heavy atom. The maximum Gasteiger partial charge on any atom is 0.285 e. The van der Waals surface area contributed by atoms with E-state index in [9.17, 15) is 13.2 Å². The van der Waals surface area contributed by atoms with Gasteiger partial charge in [0.25, 0.3) is 15.9 Å². The van der Waals surface area contributed by atoms with E-state index in [1.165, 1.54) is 12.4 Å². The van der Waals surface area contributed by atoms with Crippen molar-refractivity contribution < 1.29 is 13.2 Å². The Balaban J connectivity index is 1.87. The summed E-state index contributed by atoms with van der Waals surface area (Å²) in [7, 11) is -3.78. The van der Waals surface area contributed by atoms with Crippen LogP contribution in [0.25, 0.3) is 0 Å². The van der Waals surface area contributed by atoms with Gasteiger partial charge in [0.05, 0.1) is 11.7 Å². The van der Waals surface area contributed by atoms with E-state index in [0.29, 0.717) is 17.8 Å². The van der Waals surface area contributed by atoms with Crippen LogP contribution in [0.3, 0.4) is 0 Å². The number of hydrogen-bond donors (Lipinski definition) is 1. The third kappa shape index (κ3) is 3.62. The number of fused-ring (bicyclic) bond motifs is 1. The van der Waals surface area contributed by atoms with E-state index in [2.05, 4.69) is 9.71 Å². The zero-order valence-electron chi connectivity index (χ0n) is 14.7. The molecule has 1 aliphatic rings. The fourth-order valence-electron chi connectivity index (χ4n) is 2.86. The second-order valence-corrected chi connectivity index (χ2v) is 7.78. The molecule has 0 unspecified atom stereocenters. The topological polar surface area (TPSA) is 78.8 Å². The Labute approximate surface area is 153 Å². The van der Waals surface area contributed by atoms with E-state index in [4.69, 9.17) is 0 Å². The lowest BCUT2D eigenvalue weighted by atomic mass is 10.1. The van der Waals surface area contributed by atoms with Crippen molar-refractivity contribution in [3.05, 3.63) is 59.7 Å². The van der Waals surface area contributed by atoms with E-state index in [0.717, 1.165) is 12.0 Å². The van der Waals surface area contributed by atoms with Gasteiger partial charge in [0, 0.05) is 12.1 Å². The monoisotopic (exact) mass is 371 g/mol. The maximum absolute atomic E-state index is 12.6. The summed E-state index contributed by atoms with van der Waals surface area (Å²) in [6, 6.07) is 14.1. The molecule has 0 fully saturated rings. The number of rotatable bonds is 5. The predicted octanol–water partition coefficient (Wildman–Crippen LogP) is 3.12. The smallest absolute Gasteiger partial charge is 0.285 e. The lowest BCUT2D eigenvalue weighted by Gasteiger charge is -2.25. The SMILES string of the molecule is CCCN1C=NS(=O)(=O)c2cc(C(=O)N[C@H](C)c3ccccc3)ccc21. The molecule has 0 aliphatic carbocycles. The summed E-state index contributed by atoms with van der Waals surface area (Å²) in [5, 5.41) is 2.90. The Kier molecular flexibility index (Phi) is 5.08. The number of nitrogens with zero attached hydrogens (tertiary/aromatic N) is 2. The van der Waals surface area contributed by atoms with Crippen molar-refractivity contribution in [2.24, 2.45) is 4.40 Å². The van der Waals surface area contributed by atoms with Gasteiger partial charge in [-0.15, -0.1) is 4.40 Å². The van der Waals surface area contributed by atoms with Crippen molar-refractivity contribution >= 4 is 28.0 Å². The largest absolute Gasteiger partial charge is 0.346 e. The van der Waals surface area contributed by atoms with Crippen LogP contribution >= 0.6 is 0 Å².